The zero-order chi connectivity index (χ0) is 11.4. The molecule has 0 saturated heterocycles. The summed E-state index contributed by atoms with van der Waals surface area (Å²) >= 11 is 1.40. The summed E-state index contributed by atoms with van der Waals surface area (Å²) in [5.74, 6) is 0.878. The minimum Gasteiger partial charge on any atom is -0.368 e. The number of aromatic amines is 1. The van der Waals surface area contributed by atoms with Gasteiger partial charge < -0.3 is 5.73 Å². The largest absolute Gasteiger partial charge is 0.368 e. The zero-order valence-corrected chi connectivity index (χ0v) is 9.03. The second-order valence-corrected chi connectivity index (χ2v) is 3.86. The number of nitrogen functional groups attached to an aromatic ring is 1. The lowest BCUT2D eigenvalue weighted by molar-refractivity contribution is 0.973. The molecule has 0 radical (unpaired) electrons. The molecule has 6 nitrogen and oxygen atoms in total. The highest BCUT2D eigenvalue weighted by molar-refractivity contribution is 7.98. The normalized spacial score (nSPS) is 9.94. The van der Waals surface area contributed by atoms with Crippen LogP contribution in [0.2, 0.25) is 0 Å². The zero-order valence-electron chi connectivity index (χ0n) is 8.21. The molecule has 2 heterocycles. The molecule has 0 aliphatic heterocycles. The number of pyridine rings is 1. The number of hydrogen-bond acceptors (Lipinski definition) is 6. The third-order valence-corrected chi connectivity index (χ3v) is 2.73. The molecule has 16 heavy (non-hydrogen) atoms. The molecule has 0 amide bonds. The van der Waals surface area contributed by atoms with Crippen molar-refractivity contribution in [1.82, 2.24) is 20.2 Å². The molecule has 0 saturated carbocycles. The van der Waals surface area contributed by atoms with Crippen molar-refractivity contribution in [2.75, 3.05) is 5.73 Å². The van der Waals surface area contributed by atoms with Gasteiger partial charge in [0.05, 0.1) is 0 Å². The third kappa shape index (κ3) is 2.29. The number of thioether (sulfide) groups is 1. The number of H-pyrrole nitrogens is 1. The first-order valence-corrected chi connectivity index (χ1v) is 5.43. The van der Waals surface area contributed by atoms with Gasteiger partial charge in [0.2, 0.25) is 11.1 Å². The van der Waals surface area contributed by atoms with Crippen LogP contribution in [-0.4, -0.2) is 20.2 Å². The van der Waals surface area contributed by atoms with E-state index in [4.69, 9.17) is 11.0 Å². The van der Waals surface area contributed by atoms with Gasteiger partial charge in [0, 0.05) is 11.9 Å². The molecule has 2 aromatic heterocycles. The Hall–Kier alpha value is -2.07. The quantitative estimate of drug-likeness (QED) is 0.763. The van der Waals surface area contributed by atoms with Crippen molar-refractivity contribution in [1.29, 1.82) is 5.26 Å². The van der Waals surface area contributed by atoms with Crippen molar-refractivity contribution in [3.8, 4) is 6.07 Å². The molecular formula is C9H8N6S. The van der Waals surface area contributed by atoms with Gasteiger partial charge in [-0.15, -0.1) is 5.10 Å². The molecule has 0 atom stereocenters. The highest BCUT2D eigenvalue weighted by Gasteiger charge is 2.05. The van der Waals surface area contributed by atoms with Gasteiger partial charge in [0.1, 0.15) is 11.8 Å². The van der Waals surface area contributed by atoms with Crippen LogP contribution in [0, 0.1) is 11.3 Å². The lowest BCUT2D eigenvalue weighted by Gasteiger charge is -1.99. The summed E-state index contributed by atoms with van der Waals surface area (Å²) in [7, 11) is 0. The van der Waals surface area contributed by atoms with Crippen LogP contribution in [0.3, 0.4) is 0 Å². The average molecular weight is 232 g/mol. The first-order valence-electron chi connectivity index (χ1n) is 4.44. The van der Waals surface area contributed by atoms with Crippen molar-refractivity contribution in [2.24, 2.45) is 0 Å². The Morgan fingerprint density at radius 3 is 3.12 bits per heavy atom. The first kappa shape index (κ1) is 10.4. The number of nitrogens with zero attached hydrogens (tertiary/aromatic N) is 4. The third-order valence-electron chi connectivity index (χ3n) is 1.84. The van der Waals surface area contributed by atoms with Crippen molar-refractivity contribution in [2.45, 2.75) is 10.9 Å². The van der Waals surface area contributed by atoms with Crippen LogP contribution in [0.25, 0.3) is 0 Å². The molecule has 80 valence electrons. The Morgan fingerprint density at radius 1 is 1.56 bits per heavy atom. The van der Waals surface area contributed by atoms with E-state index in [9.17, 15) is 0 Å². The van der Waals surface area contributed by atoms with E-state index >= 15 is 0 Å². The van der Waals surface area contributed by atoms with Crippen LogP contribution in [0.1, 0.15) is 11.3 Å². The van der Waals surface area contributed by atoms with E-state index in [0.29, 0.717) is 16.6 Å². The standard InChI is InChI=1S/C9H8N6S/c10-4-7-6(2-1-3-12-7)5-16-9-13-8(11)14-15-9/h1-3H,5H2,(H3,11,13,14,15). The Labute approximate surface area is 95.9 Å². The van der Waals surface area contributed by atoms with Gasteiger partial charge in [-0.3, -0.25) is 0 Å². The van der Waals surface area contributed by atoms with Crippen LogP contribution in [0.15, 0.2) is 23.5 Å². The van der Waals surface area contributed by atoms with E-state index in [-0.39, 0.29) is 5.95 Å². The molecule has 0 unspecified atom stereocenters. The highest BCUT2D eigenvalue weighted by Crippen LogP contribution is 2.20. The first-order chi connectivity index (χ1) is 7.79. The minimum absolute atomic E-state index is 0.286. The van der Waals surface area contributed by atoms with E-state index in [0.717, 1.165) is 5.56 Å². The summed E-state index contributed by atoms with van der Waals surface area (Å²) < 4.78 is 0. The van der Waals surface area contributed by atoms with Gasteiger partial charge in [0.15, 0.2) is 0 Å². The maximum Gasteiger partial charge on any atom is 0.216 e. The van der Waals surface area contributed by atoms with Crippen LogP contribution >= 0.6 is 11.8 Å². The molecule has 3 N–H and O–H groups in total. The predicted molar refractivity (Wildman–Crippen MR) is 59.3 cm³/mol. The van der Waals surface area contributed by atoms with Gasteiger partial charge in [-0.05, 0) is 11.6 Å². The molecule has 2 aromatic rings. The fourth-order valence-electron chi connectivity index (χ4n) is 1.12. The summed E-state index contributed by atoms with van der Waals surface area (Å²) in [5, 5.41) is 15.8. The molecule has 7 heteroatoms. The number of anilines is 1. The summed E-state index contributed by atoms with van der Waals surface area (Å²) in [4.78, 5) is 7.92. The van der Waals surface area contributed by atoms with E-state index < -0.39 is 0 Å². The number of nitrogens with one attached hydrogen (secondary N) is 1. The molecule has 0 fully saturated rings. The molecule has 0 aliphatic rings. The predicted octanol–water partition coefficient (Wildman–Crippen LogP) is 0.946. The Balaban J connectivity index is 2.08. The van der Waals surface area contributed by atoms with Gasteiger partial charge in [-0.2, -0.15) is 10.2 Å². The minimum atomic E-state index is 0.286. The van der Waals surface area contributed by atoms with Crippen molar-refractivity contribution in [3.63, 3.8) is 0 Å². The van der Waals surface area contributed by atoms with Crippen molar-refractivity contribution < 1.29 is 0 Å². The lowest BCUT2D eigenvalue weighted by Crippen LogP contribution is -1.91. The second-order valence-electron chi connectivity index (χ2n) is 2.91. The Kier molecular flexibility index (Phi) is 3.03. The lowest BCUT2D eigenvalue weighted by atomic mass is 10.2. The molecule has 0 aromatic carbocycles. The second kappa shape index (κ2) is 4.63. The highest BCUT2D eigenvalue weighted by atomic mass is 32.2. The van der Waals surface area contributed by atoms with Gasteiger partial charge in [0.25, 0.3) is 0 Å². The van der Waals surface area contributed by atoms with Gasteiger partial charge >= 0.3 is 0 Å². The van der Waals surface area contributed by atoms with Crippen LogP contribution in [0.4, 0.5) is 5.95 Å². The Morgan fingerprint density at radius 2 is 2.44 bits per heavy atom. The number of nitrogens with two attached hydrogens (primary N) is 1. The van der Waals surface area contributed by atoms with Crippen LogP contribution in [-0.2, 0) is 5.75 Å². The van der Waals surface area contributed by atoms with Crippen molar-refractivity contribution >= 4 is 17.7 Å². The molecule has 2 rings (SSSR count). The van der Waals surface area contributed by atoms with Gasteiger partial charge in [-0.1, -0.05) is 17.8 Å². The average Bonchev–Trinajstić information content (AvgIpc) is 2.73. The summed E-state index contributed by atoms with van der Waals surface area (Å²) in [5.41, 5.74) is 6.69. The summed E-state index contributed by atoms with van der Waals surface area (Å²) in [6, 6.07) is 5.69. The molecular weight excluding hydrogens is 224 g/mol. The van der Waals surface area contributed by atoms with E-state index in [1.165, 1.54) is 11.8 Å². The number of aromatic nitrogens is 4. The fourth-order valence-corrected chi connectivity index (χ4v) is 1.91. The molecule has 0 bridgehead atoms. The fraction of sp³-hybridized carbons (Fsp3) is 0.111. The number of hydrogen-bond donors (Lipinski definition) is 2. The van der Waals surface area contributed by atoms with E-state index in [2.05, 4.69) is 20.2 Å². The van der Waals surface area contributed by atoms with Gasteiger partial charge in [-0.25, -0.2) is 10.1 Å². The molecule has 0 aliphatic carbocycles. The maximum atomic E-state index is 8.84. The number of rotatable bonds is 3. The summed E-state index contributed by atoms with van der Waals surface area (Å²) in [6.07, 6.45) is 1.59. The number of nitriles is 1. The smallest absolute Gasteiger partial charge is 0.216 e. The molecule has 0 spiro atoms. The van der Waals surface area contributed by atoms with Crippen LogP contribution in [0.5, 0.6) is 0 Å². The Bertz CT molecular complexity index is 529. The van der Waals surface area contributed by atoms with E-state index in [1.54, 1.807) is 12.3 Å². The van der Waals surface area contributed by atoms with Crippen molar-refractivity contribution in [3.05, 3.63) is 29.6 Å². The maximum absolute atomic E-state index is 8.84. The van der Waals surface area contributed by atoms with E-state index in [1.807, 2.05) is 12.1 Å². The SMILES string of the molecule is N#Cc1ncccc1CSc1n[nH]c(N)n1. The summed E-state index contributed by atoms with van der Waals surface area (Å²) in [6.45, 7) is 0. The van der Waals surface area contributed by atoms with Crippen LogP contribution < -0.4 is 5.73 Å². The monoisotopic (exact) mass is 232 g/mol. The topological polar surface area (TPSA) is 104 Å².